The molecule has 2 aromatic rings. The molecule has 0 aliphatic heterocycles. The fraction of sp³-hybridized carbons (Fsp3) is 0.500. The van der Waals surface area contributed by atoms with Gasteiger partial charge in [-0.1, -0.05) is 11.8 Å². The Kier molecular flexibility index (Phi) is 5.67. The van der Waals surface area contributed by atoms with E-state index in [1.54, 1.807) is 18.3 Å². The van der Waals surface area contributed by atoms with Crippen LogP contribution in [0.1, 0.15) is 30.2 Å². The van der Waals surface area contributed by atoms with Crippen molar-refractivity contribution in [2.45, 2.75) is 44.2 Å². The summed E-state index contributed by atoms with van der Waals surface area (Å²) in [5.41, 5.74) is 0.223. The maximum atomic E-state index is 12.0. The minimum Gasteiger partial charge on any atom is -0.455 e. The Bertz CT molecular complexity index is 933. The summed E-state index contributed by atoms with van der Waals surface area (Å²) in [6.45, 7) is 5.35. The molecule has 1 aliphatic rings. The maximum absolute atomic E-state index is 12.0. The molecule has 1 N–H and O–H groups in total. The molecule has 2 aromatic heterocycles. The van der Waals surface area contributed by atoms with Crippen molar-refractivity contribution >= 4 is 45.2 Å². The molecule has 1 saturated carbocycles. The first kappa shape index (κ1) is 19.6. The quantitative estimate of drug-likeness (QED) is 0.430. The van der Waals surface area contributed by atoms with Gasteiger partial charge in [0.2, 0.25) is 0 Å². The van der Waals surface area contributed by atoms with Crippen LogP contribution in [0.5, 0.6) is 0 Å². The number of carbonyl (C=O) groups excluding carboxylic acids is 2. The summed E-state index contributed by atoms with van der Waals surface area (Å²) in [6.07, 6.45) is 3.34. The zero-order valence-electron chi connectivity index (χ0n) is 15.4. The second-order valence-corrected chi connectivity index (χ2v) is 8.90. The number of nitriles is 1. The van der Waals surface area contributed by atoms with Crippen molar-refractivity contribution < 1.29 is 14.3 Å². The van der Waals surface area contributed by atoms with Gasteiger partial charge in [0.05, 0.1) is 11.8 Å². The normalized spacial score (nSPS) is 15.8. The average molecular weight is 405 g/mol. The third kappa shape index (κ3) is 4.39. The first-order chi connectivity index (χ1) is 12.8. The largest absolute Gasteiger partial charge is 0.455 e. The molecule has 27 heavy (non-hydrogen) atoms. The number of nitrogens with one attached hydrogen (secondary N) is 1. The molecule has 142 valence electrons. The topological polar surface area (TPSA) is 105 Å². The number of thioether (sulfide) groups is 1. The third-order valence-corrected chi connectivity index (χ3v) is 6.73. The molecule has 0 unspecified atom stereocenters. The highest BCUT2D eigenvalue weighted by Crippen LogP contribution is 2.39. The van der Waals surface area contributed by atoms with E-state index in [1.807, 2.05) is 13.8 Å². The van der Waals surface area contributed by atoms with Gasteiger partial charge < -0.3 is 10.1 Å². The molecule has 0 aromatic carbocycles. The average Bonchev–Trinajstić information content (AvgIpc) is 3.46. The van der Waals surface area contributed by atoms with Crippen molar-refractivity contribution in [1.82, 2.24) is 15.3 Å². The van der Waals surface area contributed by atoms with Crippen LogP contribution in [-0.4, -0.2) is 39.7 Å². The Morgan fingerprint density at radius 2 is 2.19 bits per heavy atom. The van der Waals surface area contributed by atoms with E-state index in [0.717, 1.165) is 33.6 Å². The maximum Gasteiger partial charge on any atom is 0.316 e. The second-order valence-electron chi connectivity index (χ2n) is 6.73. The van der Waals surface area contributed by atoms with Crippen molar-refractivity contribution in [3.8, 4) is 6.07 Å². The predicted octanol–water partition coefficient (Wildman–Crippen LogP) is 2.75. The molecule has 9 heteroatoms. The van der Waals surface area contributed by atoms with Crippen LogP contribution in [-0.2, 0) is 14.3 Å². The summed E-state index contributed by atoms with van der Waals surface area (Å²) in [5.74, 6) is -0.740. The Hall–Kier alpha value is -2.18. The summed E-state index contributed by atoms with van der Waals surface area (Å²) in [4.78, 5) is 34.6. The molecule has 1 atom stereocenters. The van der Waals surface area contributed by atoms with E-state index in [2.05, 4.69) is 21.4 Å². The van der Waals surface area contributed by atoms with Crippen LogP contribution in [0, 0.1) is 31.1 Å². The Morgan fingerprint density at radius 3 is 2.85 bits per heavy atom. The molecule has 0 spiro atoms. The van der Waals surface area contributed by atoms with E-state index in [4.69, 9.17) is 4.74 Å². The van der Waals surface area contributed by atoms with Crippen molar-refractivity contribution in [2.24, 2.45) is 5.92 Å². The molecule has 7 nitrogen and oxygen atoms in total. The molecule has 0 radical (unpaired) electrons. The summed E-state index contributed by atoms with van der Waals surface area (Å²) in [6, 6.07) is 2.14. The smallest absolute Gasteiger partial charge is 0.316 e. The van der Waals surface area contributed by atoms with Gasteiger partial charge in [0.25, 0.3) is 5.91 Å². The zero-order valence-corrected chi connectivity index (χ0v) is 17.0. The lowest BCUT2D eigenvalue weighted by atomic mass is 9.98. The van der Waals surface area contributed by atoms with E-state index >= 15 is 0 Å². The zero-order chi connectivity index (χ0) is 19.6. The molecule has 0 saturated heterocycles. The number of rotatable bonds is 7. The number of carbonyl (C=O) groups is 2. The summed E-state index contributed by atoms with van der Waals surface area (Å²) >= 11 is 2.86. The molecule has 0 bridgehead atoms. The molecule has 1 aliphatic carbocycles. The molecule has 3 rings (SSSR count). The Labute approximate surface area is 165 Å². The first-order valence-corrected chi connectivity index (χ1v) is 10.4. The first-order valence-electron chi connectivity index (χ1n) is 8.55. The highest BCUT2D eigenvalue weighted by molar-refractivity contribution is 8.00. The van der Waals surface area contributed by atoms with Crippen molar-refractivity contribution in [1.29, 1.82) is 5.26 Å². The number of hydrogen-bond donors (Lipinski definition) is 1. The van der Waals surface area contributed by atoms with E-state index in [-0.39, 0.29) is 18.3 Å². The van der Waals surface area contributed by atoms with Gasteiger partial charge in [0, 0.05) is 10.3 Å². The van der Waals surface area contributed by atoms with Gasteiger partial charge in [0.1, 0.15) is 21.7 Å². The van der Waals surface area contributed by atoms with Crippen LogP contribution in [0.15, 0.2) is 11.4 Å². The summed E-state index contributed by atoms with van der Waals surface area (Å²) in [7, 11) is 0. The lowest BCUT2D eigenvalue weighted by Crippen LogP contribution is -2.48. The van der Waals surface area contributed by atoms with Crippen LogP contribution >= 0.6 is 23.1 Å². The Balaban J connectivity index is 1.52. The molecule has 1 fully saturated rings. The molecule has 1 amide bonds. The number of aryl methyl sites for hydroxylation is 2. The monoisotopic (exact) mass is 404 g/mol. The van der Waals surface area contributed by atoms with Crippen LogP contribution < -0.4 is 5.32 Å². The van der Waals surface area contributed by atoms with E-state index in [0.29, 0.717) is 0 Å². The van der Waals surface area contributed by atoms with Crippen LogP contribution in [0.25, 0.3) is 10.2 Å². The SMILES string of the molecule is Cc1sc2ncnc(SCC(=O)OCC(=O)N[C@@](C)(C#N)C3CC3)c2c1C. The third-order valence-electron chi connectivity index (χ3n) is 4.65. The fourth-order valence-corrected chi connectivity index (χ4v) is 4.70. The number of thiophene rings is 1. The van der Waals surface area contributed by atoms with Gasteiger partial charge >= 0.3 is 5.97 Å². The lowest BCUT2D eigenvalue weighted by molar-refractivity contribution is -0.146. The number of nitrogens with zero attached hydrogens (tertiary/aromatic N) is 3. The Morgan fingerprint density at radius 1 is 1.44 bits per heavy atom. The number of esters is 1. The van der Waals surface area contributed by atoms with E-state index < -0.39 is 17.4 Å². The molecule has 2 heterocycles. The minimum absolute atomic E-state index is 0.0475. The van der Waals surface area contributed by atoms with Gasteiger partial charge in [-0.05, 0) is 45.1 Å². The number of ether oxygens (including phenoxy) is 1. The van der Waals surface area contributed by atoms with Gasteiger partial charge in [-0.3, -0.25) is 9.59 Å². The second kappa shape index (κ2) is 7.82. The number of hydrogen-bond acceptors (Lipinski definition) is 8. The van der Waals surface area contributed by atoms with Crippen molar-refractivity contribution in [3.63, 3.8) is 0 Å². The van der Waals surface area contributed by atoms with Crippen molar-refractivity contribution in [2.75, 3.05) is 12.4 Å². The fourth-order valence-electron chi connectivity index (χ4n) is 2.78. The molecular formula is C18H20N4O3S2. The standard InChI is InChI=1S/C18H20N4O3S2/c1-10-11(2)27-17-15(10)16(20-9-21-17)26-7-14(24)25-6-13(23)22-18(3,8-19)12-4-5-12/h9,12H,4-7H2,1-3H3,(H,22,23)/t18-/m0/s1. The number of aromatic nitrogens is 2. The van der Waals surface area contributed by atoms with Gasteiger partial charge in [-0.15, -0.1) is 11.3 Å². The minimum atomic E-state index is -0.890. The number of fused-ring (bicyclic) bond motifs is 1. The highest BCUT2D eigenvalue weighted by atomic mass is 32.2. The predicted molar refractivity (Wildman–Crippen MR) is 103 cm³/mol. The van der Waals surface area contributed by atoms with Gasteiger partial charge in [-0.2, -0.15) is 5.26 Å². The van der Waals surface area contributed by atoms with Crippen LogP contribution in [0.4, 0.5) is 0 Å². The van der Waals surface area contributed by atoms with E-state index in [9.17, 15) is 14.9 Å². The number of amides is 1. The van der Waals surface area contributed by atoms with Crippen LogP contribution in [0.3, 0.4) is 0 Å². The van der Waals surface area contributed by atoms with Gasteiger partial charge in [-0.25, -0.2) is 9.97 Å². The molecular weight excluding hydrogens is 384 g/mol. The van der Waals surface area contributed by atoms with Gasteiger partial charge in [0.15, 0.2) is 6.61 Å². The van der Waals surface area contributed by atoms with E-state index in [1.165, 1.54) is 23.0 Å². The summed E-state index contributed by atoms with van der Waals surface area (Å²) in [5, 5.41) is 13.6. The lowest BCUT2D eigenvalue weighted by Gasteiger charge is -2.22. The van der Waals surface area contributed by atoms with Crippen molar-refractivity contribution in [3.05, 3.63) is 16.8 Å². The highest BCUT2D eigenvalue weighted by Gasteiger charge is 2.43. The van der Waals surface area contributed by atoms with Crippen LogP contribution in [0.2, 0.25) is 0 Å². The summed E-state index contributed by atoms with van der Waals surface area (Å²) < 4.78 is 5.04.